The molecule has 0 atom stereocenters. The van der Waals surface area contributed by atoms with Crippen LogP contribution in [0.3, 0.4) is 0 Å². The highest BCUT2D eigenvalue weighted by atomic mass is 35.5. The van der Waals surface area contributed by atoms with Crippen LogP contribution in [-0.2, 0) is 4.79 Å². The zero-order chi connectivity index (χ0) is 11.4. The van der Waals surface area contributed by atoms with Crippen molar-refractivity contribution >= 4 is 23.6 Å². The monoisotopic (exact) mass is 225 g/mol. The van der Waals surface area contributed by atoms with Crippen molar-refractivity contribution in [1.82, 2.24) is 0 Å². The molecule has 0 spiro atoms. The van der Waals surface area contributed by atoms with E-state index in [9.17, 15) is 9.18 Å². The summed E-state index contributed by atoms with van der Waals surface area (Å²) < 4.78 is 12.6. The zero-order valence-electron chi connectivity index (χ0n) is 7.37. The Balaban J connectivity index is 3.19. The molecule has 0 aliphatic rings. The average molecular weight is 226 g/mol. The van der Waals surface area contributed by atoms with Gasteiger partial charge in [0.05, 0.1) is 5.02 Å². The maximum atomic E-state index is 12.6. The van der Waals surface area contributed by atoms with Gasteiger partial charge in [0, 0.05) is 0 Å². The lowest BCUT2D eigenvalue weighted by Gasteiger charge is -1.98. The van der Waals surface area contributed by atoms with Crippen LogP contribution < -0.4 is 0 Å². The van der Waals surface area contributed by atoms with Gasteiger partial charge in [-0.2, -0.15) is 5.26 Å². The van der Waals surface area contributed by atoms with Crippen molar-refractivity contribution in [2.24, 2.45) is 0 Å². The van der Waals surface area contributed by atoms with E-state index in [1.807, 2.05) is 0 Å². The molecule has 3 nitrogen and oxygen atoms in total. The van der Waals surface area contributed by atoms with E-state index in [1.165, 1.54) is 12.1 Å². The maximum absolute atomic E-state index is 12.6. The van der Waals surface area contributed by atoms with Crippen molar-refractivity contribution in [3.8, 4) is 6.07 Å². The van der Waals surface area contributed by atoms with Gasteiger partial charge in [0.1, 0.15) is 17.5 Å². The van der Waals surface area contributed by atoms with Gasteiger partial charge >= 0.3 is 5.97 Å². The van der Waals surface area contributed by atoms with Gasteiger partial charge in [-0.15, -0.1) is 0 Å². The van der Waals surface area contributed by atoms with Crippen molar-refractivity contribution in [3.05, 3.63) is 40.2 Å². The van der Waals surface area contributed by atoms with Gasteiger partial charge in [-0.25, -0.2) is 9.18 Å². The Morgan fingerprint density at radius 1 is 1.60 bits per heavy atom. The van der Waals surface area contributed by atoms with Crippen LogP contribution in [0.2, 0.25) is 5.02 Å². The Bertz CT molecular complexity index is 477. The van der Waals surface area contributed by atoms with Crippen molar-refractivity contribution in [1.29, 1.82) is 5.26 Å². The molecule has 0 unspecified atom stereocenters. The number of carbonyl (C=O) groups is 1. The first-order chi connectivity index (χ1) is 7.04. The Morgan fingerprint density at radius 2 is 2.27 bits per heavy atom. The van der Waals surface area contributed by atoms with Gasteiger partial charge in [-0.1, -0.05) is 17.7 Å². The first kappa shape index (κ1) is 11.2. The quantitative estimate of drug-likeness (QED) is 0.621. The number of aliphatic carboxylic acids is 1. The number of carboxylic acid groups (broad SMARTS) is 1. The third-order valence-electron chi connectivity index (χ3n) is 1.61. The number of nitriles is 1. The smallest absolute Gasteiger partial charge is 0.346 e. The molecule has 76 valence electrons. The second kappa shape index (κ2) is 4.58. The average Bonchev–Trinajstić information content (AvgIpc) is 2.16. The summed E-state index contributed by atoms with van der Waals surface area (Å²) >= 11 is 5.65. The highest BCUT2D eigenvalue weighted by Crippen LogP contribution is 2.19. The minimum Gasteiger partial charge on any atom is -0.477 e. The van der Waals surface area contributed by atoms with Crippen molar-refractivity contribution in [3.63, 3.8) is 0 Å². The van der Waals surface area contributed by atoms with Gasteiger partial charge in [0.2, 0.25) is 0 Å². The number of hydrogen-bond donors (Lipinski definition) is 1. The van der Waals surface area contributed by atoms with Crippen LogP contribution in [0, 0.1) is 17.1 Å². The maximum Gasteiger partial charge on any atom is 0.346 e. The van der Waals surface area contributed by atoms with E-state index >= 15 is 0 Å². The molecule has 1 aromatic carbocycles. The molecule has 0 aromatic heterocycles. The normalized spacial score (nSPS) is 10.9. The second-order valence-corrected chi connectivity index (χ2v) is 3.05. The van der Waals surface area contributed by atoms with Crippen molar-refractivity contribution in [2.75, 3.05) is 0 Å². The zero-order valence-corrected chi connectivity index (χ0v) is 8.12. The van der Waals surface area contributed by atoms with Crippen molar-refractivity contribution < 1.29 is 14.3 Å². The number of nitrogens with zero attached hydrogens (tertiary/aromatic N) is 1. The summed E-state index contributed by atoms with van der Waals surface area (Å²) in [5.74, 6) is -1.87. The lowest BCUT2D eigenvalue weighted by atomic mass is 10.1. The van der Waals surface area contributed by atoms with Crippen LogP contribution in [0.5, 0.6) is 0 Å². The topological polar surface area (TPSA) is 61.1 Å². The predicted octanol–water partition coefficient (Wildman–Crippen LogP) is 2.47. The third kappa shape index (κ3) is 2.79. The van der Waals surface area contributed by atoms with Gasteiger partial charge in [0.25, 0.3) is 0 Å². The third-order valence-corrected chi connectivity index (χ3v) is 1.94. The molecule has 0 saturated carbocycles. The van der Waals surface area contributed by atoms with E-state index in [4.69, 9.17) is 22.0 Å². The molecule has 0 amide bonds. The minimum atomic E-state index is -1.35. The number of benzene rings is 1. The summed E-state index contributed by atoms with van der Waals surface area (Å²) in [5, 5.41) is 17.1. The Hall–Kier alpha value is -1.86. The molecule has 5 heteroatoms. The van der Waals surface area contributed by atoms with Gasteiger partial charge in [-0.3, -0.25) is 0 Å². The summed E-state index contributed by atoms with van der Waals surface area (Å²) in [7, 11) is 0. The Kier molecular flexibility index (Phi) is 3.42. The molecule has 1 aromatic rings. The number of rotatable bonds is 2. The highest BCUT2D eigenvalue weighted by molar-refractivity contribution is 6.32. The molecule has 0 bridgehead atoms. The second-order valence-electron chi connectivity index (χ2n) is 2.64. The van der Waals surface area contributed by atoms with E-state index < -0.39 is 17.4 Å². The van der Waals surface area contributed by atoms with Crippen molar-refractivity contribution in [2.45, 2.75) is 0 Å². The number of halogens is 2. The molecule has 1 N–H and O–H groups in total. The van der Waals surface area contributed by atoms with E-state index in [2.05, 4.69) is 0 Å². The fraction of sp³-hybridized carbons (Fsp3) is 0. The molecular weight excluding hydrogens is 221 g/mol. The fourth-order valence-electron chi connectivity index (χ4n) is 0.916. The summed E-state index contributed by atoms with van der Waals surface area (Å²) in [6.45, 7) is 0. The van der Waals surface area contributed by atoms with Gasteiger partial charge in [-0.05, 0) is 23.8 Å². The molecule has 0 heterocycles. The van der Waals surface area contributed by atoms with Crippen LogP contribution >= 0.6 is 11.6 Å². The summed E-state index contributed by atoms with van der Waals surface area (Å²) in [4.78, 5) is 10.5. The first-order valence-electron chi connectivity index (χ1n) is 3.84. The van der Waals surface area contributed by atoms with E-state index in [0.29, 0.717) is 0 Å². The lowest BCUT2D eigenvalue weighted by Crippen LogP contribution is -1.97. The lowest BCUT2D eigenvalue weighted by molar-refractivity contribution is -0.132. The first-order valence-corrected chi connectivity index (χ1v) is 4.22. The molecule has 0 radical (unpaired) electrons. The molecule has 1 rings (SSSR count). The standard InChI is InChI=1S/C10H5ClFNO2/c11-9-4-8(12)2-1-6(9)3-7(5-13)10(14)15/h1-4H,(H,14,15)/b7-3+. The summed E-state index contributed by atoms with van der Waals surface area (Å²) in [5.41, 5.74) is -0.166. The largest absolute Gasteiger partial charge is 0.477 e. The number of carboxylic acids is 1. The number of hydrogen-bond acceptors (Lipinski definition) is 2. The van der Waals surface area contributed by atoms with Crippen LogP contribution in [0.15, 0.2) is 23.8 Å². The summed E-state index contributed by atoms with van der Waals surface area (Å²) in [6, 6.07) is 4.98. The Morgan fingerprint density at radius 3 is 2.73 bits per heavy atom. The molecule has 0 aliphatic carbocycles. The van der Waals surface area contributed by atoms with Crippen LogP contribution in [0.25, 0.3) is 6.08 Å². The van der Waals surface area contributed by atoms with Crippen LogP contribution in [0.1, 0.15) is 5.56 Å². The van der Waals surface area contributed by atoms with Crippen LogP contribution in [0.4, 0.5) is 4.39 Å². The molecule has 0 fully saturated rings. The molecule has 0 aliphatic heterocycles. The SMILES string of the molecule is N#C/C(=C\c1ccc(F)cc1Cl)C(=O)O. The summed E-state index contributed by atoms with van der Waals surface area (Å²) in [6.07, 6.45) is 1.09. The Labute approximate surface area is 90.0 Å². The predicted molar refractivity (Wildman–Crippen MR) is 52.6 cm³/mol. The van der Waals surface area contributed by atoms with Gasteiger partial charge in [0.15, 0.2) is 0 Å². The van der Waals surface area contributed by atoms with E-state index in [1.54, 1.807) is 0 Å². The van der Waals surface area contributed by atoms with E-state index in [0.717, 1.165) is 18.2 Å². The molecular formula is C10H5ClFNO2. The minimum absolute atomic E-state index is 0.0593. The molecule has 15 heavy (non-hydrogen) atoms. The van der Waals surface area contributed by atoms with Crippen LogP contribution in [-0.4, -0.2) is 11.1 Å². The van der Waals surface area contributed by atoms with Gasteiger partial charge < -0.3 is 5.11 Å². The fourth-order valence-corrected chi connectivity index (χ4v) is 1.14. The van der Waals surface area contributed by atoms with E-state index in [-0.39, 0.29) is 10.6 Å². The highest BCUT2D eigenvalue weighted by Gasteiger charge is 2.07. The molecule has 0 saturated heterocycles.